The number of para-hydroxylation sites is 1. The highest BCUT2D eigenvalue weighted by Crippen LogP contribution is 2.23. The van der Waals surface area contributed by atoms with E-state index in [1.807, 2.05) is 48.0 Å². The van der Waals surface area contributed by atoms with Gasteiger partial charge in [-0.3, -0.25) is 4.57 Å². The Morgan fingerprint density at radius 2 is 2.12 bits per heavy atom. The third-order valence-corrected chi connectivity index (χ3v) is 3.08. The molecule has 0 amide bonds. The van der Waals surface area contributed by atoms with Crippen LogP contribution in [0, 0.1) is 11.3 Å². The fourth-order valence-electron chi connectivity index (χ4n) is 1.35. The summed E-state index contributed by atoms with van der Waals surface area (Å²) in [6.07, 6.45) is 3.65. The van der Waals surface area contributed by atoms with Crippen molar-refractivity contribution in [3.63, 3.8) is 0 Å². The van der Waals surface area contributed by atoms with Crippen LogP contribution in [0.1, 0.15) is 6.92 Å². The number of hydrogen-bond donors (Lipinski definition) is 0. The van der Waals surface area contributed by atoms with Gasteiger partial charge in [-0.1, -0.05) is 30.0 Å². The number of nitriles is 1. The van der Waals surface area contributed by atoms with Gasteiger partial charge in [-0.05, 0) is 19.1 Å². The second-order valence-electron chi connectivity index (χ2n) is 3.30. The van der Waals surface area contributed by atoms with Crippen LogP contribution in [0.4, 0.5) is 0 Å². The number of rotatable bonds is 3. The van der Waals surface area contributed by atoms with Crippen LogP contribution in [0.2, 0.25) is 0 Å². The monoisotopic (exact) mass is 229 g/mol. The van der Waals surface area contributed by atoms with Crippen molar-refractivity contribution >= 4 is 11.8 Å². The third-order valence-electron chi connectivity index (χ3n) is 2.11. The first-order valence-electron chi connectivity index (χ1n) is 4.96. The lowest BCUT2D eigenvalue weighted by Gasteiger charge is -2.07. The summed E-state index contributed by atoms with van der Waals surface area (Å²) in [5, 5.41) is 9.54. The van der Waals surface area contributed by atoms with Crippen LogP contribution in [0.5, 0.6) is 0 Å². The molecule has 2 rings (SSSR count). The van der Waals surface area contributed by atoms with Gasteiger partial charge in [0.25, 0.3) is 0 Å². The average Bonchev–Trinajstić information content (AvgIpc) is 2.78. The largest absolute Gasteiger partial charge is 0.295 e. The molecule has 80 valence electrons. The fourth-order valence-corrected chi connectivity index (χ4v) is 2.12. The molecule has 1 unspecified atom stereocenters. The summed E-state index contributed by atoms with van der Waals surface area (Å²) in [6.45, 7) is 1.87. The third kappa shape index (κ3) is 2.26. The van der Waals surface area contributed by atoms with Gasteiger partial charge < -0.3 is 0 Å². The highest BCUT2D eigenvalue weighted by Gasteiger charge is 2.09. The lowest BCUT2D eigenvalue weighted by atomic mass is 10.3. The molecule has 0 fully saturated rings. The lowest BCUT2D eigenvalue weighted by Crippen LogP contribution is -1.98. The van der Waals surface area contributed by atoms with Crippen molar-refractivity contribution in [1.29, 1.82) is 5.26 Å². The Balaban J connectivity index is 2.30. The summed E-state index contributed by atoms with van der Waals surface area (Å²) in [5.41, 5.74) is 1.06. The second-order valence-corrected chi connectivity index (χ2v) is 4.61. The summed E-state index contributed by atoms with van der Waals surface area (Å²) in [6, 6.07) is 12.2. The standard InChI is InChI=1S/C12H11N3S/c1-10(9-13)16-12-14-7-8-15(12)11-5-3-2-4-6-11/h2-8,10H,1H3. The molecule has 16 heavy (non-hydrogen) atoms. The van der Waals surface area contributed by atoms with Gasteiger partial charge in [0.05, 0.1) is 11.3 Å². The fraction of sp³-hybridized carbons (Fsp3) is 0.167. The summed E-state index contributed by atoms with van der Waals surface area (Å²) in [5.74, 6) is 0. The highest BCUT2D eigenvalue weighted by atomic mass is 32.2. The molecule has 0 N–H and O–H groups in total. The van der Waals surface area contributed by atoms with Crippen LogP contribution >= 0.6 is 11.8 Å². The maximum Gasteiger partial charge on any atom is 0.173 e. The zero-order chi connectivity index (χ0) is 11.4. The molecule has 1 aromatic carbocycles. The SMILES string of the molecule is CC(C#N)Sc1nccn1-c1ccccc1. The second kappa shape index (κ2) is 4.86. The summed E-state index contributed by atoms with van der Waals surface area (Å²) in [7, 11) is 0. The van der Waals surface area contributed by atoms with E-state index in [0.717, 1.165) is 10.8 Å². The lowest BCUT2D eigenvalue weighted by molar-refractivity contribution is 0.892. The van der Waals surface area contributed by atoms with Crippen molar-refractivity contribution in [2.75, 3.05) is 0 Å². The van der Waals surface area contributed by atoms with Gasteiger partial charge in [-0.2, -0.15) is 5.26 Å². The number of thioether (sulfide) groups is 1. The molecule has 0 saturated heterocycles. The summed E-state index contributed by atoms with van der Waals surface area (Å²) in [4.78, 5) is 4.26. The van der Waals surface area contributed by atoms with Gasteiger partial charge in [0.2, 0.25) is 0 Å². The quantitative estimate of drug-likeness (QED) is 0.760. The maximum atomic E-state index is 8.79. The molecule has 0 saturated carbocycles. The molecule has 1 heterocycles. The molecule has 1 aromatic heterocycles. The van der Waals surface area contributed by atoms with Crippen LogP contribution in [0.15, 0.2) is 47.9 Å². The predicted octanol–water partition coefficient (Wildman–Crippen LogP) is 2.88. The van der Waals surface area contributed by atoms with Crippen molar-refractivity contribution in [2.24, 2.45) is 0 Å². The van der Waals surface area contributed by atoms with E-state index in [1.165, 1.54) is 11.8 Å². The van der Waals surface area contributed by atoms with Gasteiger partial charge in [-0.15, -0.1) is 0 Å². The van der Waals surface area contributed by atoms with Gasteiger partial charge in [-0.25, -0.2) is 4.98 Å². The Hall–Kier alpha value is -1.73. The van der Waals surface area contributed by atoms with Crippen LogP contribution in [0.25, 0.3) is 5.69 Å². The van der Waals surface area contributed by atoms with Crippen LogP contribution in [-0.4, -0.2) is 14.8 Å². The van der Waals surface area contributed by atoms with E-state index in [-0.39, 0.29) is 5.25 Å². The van der Waals surface area contributed by atoms with Gasteiger partial charge >= 0.3 is 0 Å². The number of aromatic nitrogens is 2. The van der Waals surface area contributed by atoms with Gasteiger partial charge in [0.1, 0.15) is 0 Å². The Bertz CT molecular complexity index is 498. The Kier molecular flexibility index (Phi) is 3.28. The topological polar surface area (TPSA) is 41.6 Å². The average molecular weight is 229 g/mol. The predicted molar refractivity (Wildman–Crippen MR) is 64.5 cm³/mol. The molecule has 0 aliphatic carbocycles. The van der Waals surface area contributed by atoms with Crippen LogP contribution in [-0.2, 0) is 0 Å². The minimum absolute atomic E-state index is 0.0927. The van der Waals surface area contributed by atoms with E-state index in [4.69, 9.17) is 5.26 Å². The van der Waals surface area contributed by atoms with Crippen molar-refractivity contribution in [1.82, 2.24) is 9.55 Å². The Morgan fingerprint density at radius 1 is 1.38 bits per heavy atom. The molecule has 0 radical (unpaired) electrons. The van der Waals surface area contributed by atoms with E-state index >= 15 is 0 Å². The Labute approximate surface area is 98.7 Å². The molecule has 0 bridgehead atoms. The van der Waals surface area contributed by atoms with Gasteiger partial charge in [0, 0.05) is 18.1 Å². The molecule has 1 atom stereocenters. The van der Waals surface area contributed by atoms with Crippen molar-refractivity contribution in [3.8, 4) is 11.8 Å². The van der Waals surface area contributed by atoms with E-state index in [1.54, 1.807) is 6.20 Å². The van der Waals surface area contributed by atoms with Crippen molar-refractivity contribution < 1.29 is 0 Å². The molecule has 0 aliphatic heterocycles. The normalized spacial score (nSPS) is 12.0. The number of imidazole rings is 1. The minimum atomic E-state index is -0.0927. The summed E-state index contributed by atoms with van der Waals surface area (Å²) < 4.78 is 1.98. The molecular weight excluding hydrogens is 218 g/mol. The zero-order valence-corrected chi connectivity index (χ0v) is 9.69. The summed E-state index contributed by atoms with van der Waals surface area (Å²) >= 11 is 1.46. The van der Waals surface area contributed by atoms with E-state index in [0.29, 0.717) is 0 Å². The van der Waals surface area contributed by atoms with Crippen molar-refractivity contribution in [3.05, 3.63) is 42.7 Å². The maximum absolute atomic E-state index is 8.79. The number of benzene rings is 1. The zero-order valence-electron chi connectivity index (χ0n) is 8.87. The van der Waals surface area contributed by atoms with Gasteiger partial charge in [0.15, 0.2) is 5.16 Å². The highest BCUT2D eigenvalue weighted by molar-refractivity contribution is 8.00. The van der Waals surface area contributed by atoms with Crippen LogP contribution < -0.4 is 0 Å². The molecule has 0 aliphatic rings. The molecule has 0 spiro atoms. The van der Waals surface area contributed by atoms with E-state index in [2.05, 4.69) is 11.1 Å². The van der Waals surface area contributed by atoms with Crippen LogP contribution in [0.3, 0.4) is 0 Å². The smallest absolute Gasteiger partial charge is 0.173 e. The first-order valence-corrected chi connectivity index (χ1v) is 5.84. The molecule has 4 heteroatoms. The van der Waals surface area contributed by atoms with E-state index in [9.17, 15) is 0 Å². The van der Waals surface area contributed by atoms with E-state index < -0.39 is 0 Å². The molecule has 3 nitrogen and oxygen atoms in total. The molecular formula is C12H11N3S. The Morgan fingerprint density at radius 3 is 2.81 bits per heavy atom. The number of hydrogen-bond acceptors (Lipinski definition) is 3. The first-order chi connectivity index (χ1) is 7.81. The first kappa shape index (κ1) is 10.8. The van der Waals surface area contributed by atoms with Crippen molar-refractivity contribution in [2.45, 2.75) is 17.3 Å². The molecule has 2 aromatic rings. The minimum Gasteiger partial charge on any atom is -0.295 e. The number of nitrogens with zero attached hydrogens (tertiary/aromatic N) is 3.